The van der Waals surface area contributed by atoms with Gasteiger partial charge in [0.1, 0.15) is 0 Å². The molecule has 0 aliphatic rings. The molecule has 1 atom stereocenters. The van der Waals surface area contributed by atoms with E-state index in [-0.39, 0.29) is 64.4 Å². The summed E-state index contributed by atoms with van der Waals surface area (Å²) in [5.74, 6) is -0.490. The van der Waals surface area contributed by atoms with E-state index < -0.39 is 20.6 Å². The van der Waals surface area contributed by atoms with Gasteiger partial charge in [0.05, 0.1) is 0 Å². The summed E-state index contributed by atoms with van der Waals surface area (Å²) in [6.07, 6.45) is 10.2. The van der Waals surface area contributed by atoms with E-state index in [0.717, 1.165) is 19.3 Å². The van der Waals surface area contributed by atoms with Crippen molar-refractivity contribution >= 4 is 15.9 Å². The monoisotopic (exact) mass is 360 g/mol. The first-order chi connectivity index (χ1) is 9.79. The molecule has 0 bridgehead atoms. The zero-order valence-electron chi connectivity index (χ0n) is 14.4. The predicted octanol–water partition coefficient (Wildman–Crippen LogP) is 0.0856. The van der Waals surface area contributed by atoms with E-state index in [1.54, 1.807) is 0 Å². The molecule has 7 heteroatoms. The number of carbonyl (C=O) groups excluding carboxylic acids is 1. The number of rotatable bonds is 13. The van der Waals surface area contributed by atoms with Gasteiger partial charge < -0.3 is 5.73 Å². The van der Waals surface area contributed by atoms with Crippen molar-refractivity contribution in [3.8, 4) is 0 Å². The third-order valence-corrected chi connectivity index (χ3v) is 5.59. The standard InChI is InChI=1S/C15H31NO4S.K/c1-3-4-5-6-7-8-9-10-11-12-14(17)15(2,13-16)21(18,19)20;/h3-13,16H2,1-2H3,(H,18,19,20);/q;+1. The smallest absolute Gasteiger partial charge is 0.328 e. The van der Waals surface area contributed by atoms with Gasteiger partial charge in [-0.15, -0.1) is 0 Å². The van der Waals surface area contributed by atoms with Gasteiger partial charge in [-0.3, -0.25) is 9.35 Å². The van der Waals surface area contributed by atoms with Crippen LogP contribution in [0.1, 0.15) is 78.1 Å². The second-order valence-corrected chi connectivity index (χ2v) is 7.76. The molecule has 126 valence electrons. The van der Waals surface area contributed by atoms with Gasteiger partial charge in [-0.2, -0.15) is 8.42 Å². The van der Waals surface area contributed by atoms with E-state index in [1.165, 1.54) is 39.0 Å². The minimum atomic E-state index is -4.45. The van der Waals surface area contributed by atoms with Crippen LogP contribution in [0, 0.1) is 0 Å². The zero-order chi connectivity index (χ0) is 16.4. The van der Waals surface area contributed by atoms with Crippen LogP contribution in [0.2, 0.25) is 0 Å². The van der Waals surface area contributed by atoms with Crippen LogP contribution < -0.4 is 57.1 Å². The predicted molar refractivity (Wildman–Crippen MR) is 85.9 cm³/mol. The van der Waals surface area contributed by atoms with Gasteiger partial charge in [0.25, 0.3) is 10.1 Å². The average Bonchev–Trinajstić information content (AvgIpc) is 2.43. The fourth-order valence-electron chi connectivity index (χ4n) is 2.22. The second kappa shape index (κ2) is 13.5. The van der Waals surface area contributed by atoms with Crippen molar-refractivity contribution in [3.63, 3.8) is 0 Å². The molecule has 0 aromatic carbocycles. The molecule has 0 aliphatic carbocycles. The van der Waals surface area contributed by atoms with Gasteiger partial charge in [-0.25, -0.2) is 0 Å². The van der Waals surface area contributed by atoms with E-state index in [9.17, 15) is 13.2 Å². The maximum atomic E-state index is 11.9. The zero-order valence-corrected chi connectivity index (χ0v) is 18.4. The van der Waals surface area contributed by atoms with Gasteiger partial charge in [-0.1, -0.05) is 58.3 Å². The van der Waals surface area contributed by atoms with Crippen LogP contribution in [0.15, 0.2) is 0 Å². The Morgan fingerprint density at radius 1 is 1.00 bits per heavy atom. The van der Waals surface area contributed by atoms with Crippen molar-refractivity contribution in [1.29, 1.82) is 0 Å². The Morgan fingerprint density at radius 3 is 1.77 bits per heavy atom. The fraction of sp³-hybridized carbons (Fsp3) is 0.933. The largest absolute Gasteiger partial charge is 1.00 e. The first kappa shape index (κ1) is 25.4. The summed E-state index contributed by atoms with van der Waals surface area (Å²) in [5, 5.41) is 0. The van der Waals surface area contributed by atoms with E-state index in [0.29, 0.717) is 6.42 Å². The Morgan fingerprint density at radius 2 is 1.41 bits per heavy atom. The van der Waals surface area contributed by atoms with Crippen LogP contribution >= 0.6 is 0 Å². The SMILES string of the molecule is CCCCCCCCCCCC(=O)C(C)(CN)S(=O)(=O)O.[K+]. The minimum Gasteiger partial charge on any atom is -0.328 e. The van der Waals surface area contributed by atoms with E-state index in [1.807, 2.05) is 0 Å². The molecule has 0 aromatic heterocycles. The summed E-state index contributed by atoms with van der Waals surface area (Å²) >= 11 is 0. The first-order valence-corrected chi connectivity index (χ1v) is 9.44. The Labute approximate surface area is 178 Å². The van der Waals surface area contributed by atoms with Crippen molar-refractivity contribution < 1.29 is 69.1 Å². The summed E-state index contributed by atoms with van der Waals surface area (Å²) in [7, 11) is -4.45. The third kappa shape index (κ3) is 9.47. The second-order valence-electron chi connectivity index (χ2n) is 5.91. The van der Waals surface area contributed by atoms with E-state index in [4.69, 9.17) is 10.3 Å². The number of unbranched alkanes of at least 4 members (excludes halogenated alkanes) is 8. The molecule has 0 saturated heterocycles. The molecule has 0 fully saturated rings. The summed E-state index contributed by atoms with van der Waals surface area (Å²) in [6, 6.07) is 0. The van der Waals surface area contributed by atoms with Crippen molar-refractivity contribution in [2.45, 2.75) is 82.8 Å². The minimum absolute atomic E-state index is 0. The van der Waals surface area contributed by atoms with Crippen LogP contribution in [-0.2, 0) is 14.9 Å². The molecule has 0 spiro atoms. The molecule has 1 unspecified atom stereocenters. The molecule has 0 rings (SSSR count). The molecule has 22 heavy (non-hydrogen) atoms. The van der Waals surface area contributed by atoms with Crippen LogP contribution in [0.3, 0.4) is 0 Å². The van der Waals surface area contributed by atoms with Gasteiger partial charge in [0.15, 0.2) is 10.5 Å². The number of carbonyl (C=O) groups is 1. The van der Waals surface area contributed by atoms with E-state index in [2.05, 4.69) is 6.92 Å². The molecule has 0 aromatic rings. The molecule has 0 heterocycles. The molecule has 5 nitrogen and oxygen atoms in total. The molecule has 0 amide bonds. The summed E-state index contributed by atoms with van der Waals surface area (Å²) in [4.78, 5) is 11.9. The number of hydrogen-bond donors (Lipinski definition) is 2. The Hall–Kier alpha value is 1.18. The van der Waals surface area contributed by atoms with Gasteiger partial charge >= 0.3 is 51.4 Å². The quantitative estimate of drug-likeness (QED) is 0.275. The number of Topliss-reactive ketones (excluding diaryl/α,β-unsaturated/α-hetero) is 1. The summed E-state index contributed by atoms with van der Waals surface area (Å²) in [6.45, 7) is 3.00. The third-order valence-electron chi connectivity index (χ3n) is 4.06. The first-order valence-electron chi connectivity index (χ1n) is 8.00. The summed E-state index contributed by atoms with van der Waals surface area (Å²) < 4.78 is 29.7. The molecular weight excluding hydrogens is 329 g/mol. The Bertz CT molecular complexity index is 400. The van der Waals surface area contributed by atoms with Gasteiger partial charge in [-0.05, 0) is 13.3 Å². The topological polar surface area (TPSA) is 97.5 Å². The normalized spacial score (nSPS) is 14.2. The van der Waals surface area contributed by atoms with Crippen molar-refractivity contribution in [2.75, 3.05) is 6.54 Å². The van der Waals surface area contributed by atoms with Crippen LogP contribution in [0.4, 0.5) is 0 Å². The molecular formula is C15H31KNO4S+. The molecule has 0 radical (unpaired) electrons. The maximum absolute atomic E-state index is 11.9. The van der Waals surface area contributed by atoms with Crippen molar-refractivity contribution in [3.05, 3.63) is 0 Å². The fourth-order valence-corrected chi connectivity index (χ4v) is 2.82. The Kier molecular flexibility index (Phi) is 15.6. The molecule has 0 aliphatic heterocycles. The summed E-state index contributed by atoms with van der Waals surface area (Å²) in [5.41, 5.74) is 5.34. The number of nitrogens with two attached hydrogens (primary N) is 1. The maximum Gasteiger partial charge on any atom is 1.00 e. The van der Waals surface area contributed by atoms with Crippen LogP contribution in [0.5, 0.6) is 0 Å². The van der Waals surface area contributed by atoms with E-state index >= 15 is 0 Å². The van der Waals surface area contributed by atoms with Gasteiger partial charge in [0.2, 0.25) is 0 Å². The molecule has 3 N–H and O–H groups in total. The number of ketones is 1. The van der Waals surface area contributed by atoms with Crippen molar-refractivity contribution in [2.24, 2.45) is 5.73 Å². The number of hydrogen-bond acceptors (Lipinski definition) is 4. The molecule has 0 saturated carbocycles. The van der Waals surface area contributed by atoms with Crippen LogP contribution in [-0.4, -0.2) is 30.0 Å². The van der Waals surface area contributed by atoms with Gasteiger partial charge in [0, 0.05) is 13.0 Å². The van der Waals surface area contributed by atoms with Crippen LogP contribution in [0.25, 0.3) is 0 Å². The Balaban J connectivity index is 0. The van der Waals surface area contributed by atoms with Crippen molar-refractivity contribution in [1.82, 2.24) is 0 Å². The average molecular weight is 361 g/mol.